The lowest BCUT2D eigenvalue weighted by Gasteiger charge is -2.23. The molecular formula is C13H22N4O. The first-order valence-corrected chi connectivity index (χ1v) is 6.65. The van der Waals surface area contributed by atoms with E-state index in [1.54, 1.807) is 6.20 Å². The molecule has 0 bridgehead atoms. The molecule has 5 heteroatoms. The van der Waals surface area contributed by atoms with Gasteiger partial charge in [0, 0.05) is 25.8 Å². The Bertz CT molecular complexity index is 394. The molecule has 0 aromatic carbocycles. The smallest absolute Gasteiger partial charge is 0.224 e. The van der Waals surface area contributed by atoms with Crippen molar-refractivity contribution in [2.45, 2.75) is 38.7 Å². The third-order valence-corrected chi connectivity index (χ3v) is 3.36. The van der Waals surface area contributed by atoms with E-state index in [9.17, 15) is 5.11 Å². The molecule has 0 radical (unpaired) electrons. The molecule has 0 spiro atoms. The second kappa shape index (κ2) is 5.52. The molecule has 2 N–H and O–H groups in total. The minimum Gasteiger partial charge on any atom is -0.390 e. The number of aliphatic hydroxyl groups is 1. The predicted octanol–water partition coefficient (Wildman–Crippen LogP) is 1.65. The summed E-state index contributed by atoms with van der Waals surface area (Å²) in [5.74, 6) is 1.62. The molecule has 1 aromatic heterocycles. The van der Waals surface area contributed by atoms with Crippen LogP contribution in [0.1, 0.15) is 33.1 Å². The molecule has 1 fully saturated rings. The Morgan fingerprint density at radius 2 is 2.28 bits per heavy atom. The predicted molar refractivity (Wildman–Crippen MR) is 72.9 cm³/mol. The fourth-order valence-electron chi connectivity index (χ4n) is 2.26. The van der Waals surface area contributed by atoms with Crippen LogP contribution in [-0.4, -0.2) is 40.3 Å². The first-order chi connectivity index (χ1) is 8.61. The number of nitrogens with zero attached hydrogens (tertiary/aromatic N) is 3. The van der Waals surface area contributed by atoms with Crippen molar-refractivity contribution in [1.82, 2.24) is 9.97 Å². The zero-order chi connectivity index (χ0) is 13.0. The zero-order valence-electron chi connectivity index (χ0n) is 11.2. The van der Waals surface area contributed by atoms with Gasteiger partial charge in [-0.1, -0.05) is 0 Å². The molecule has 1 saturated heterocycles. The van der Waals surface area contributed by atoms with Crippen molar-refractivity contribution in [3.8, 4) is 0 Å². The van der Waals surface area contributed by atoms with Gasteiger partial charge in [0.1, 0.15) is 5.82 Å². The van der Waals surface area contributed by atoms with E-state index in [0.29, 0.717) is 5.95 Å². The van der Waals surface area contributed by atoms with Gasteiger partial charge in [-0.25, -0.2) is 4.98 Å². The van der Waals surface area contributed by atoms with Crippen LogP contribution in [0.5, 0.6) is 0 Å². The highest BCUT2D eigenvalue weighted by Gasteiger charge is 2.25. The molecular weight excluding hydrogens is 228 g/mol. The van der Waals surface area contributed by atoms with Gasteiger partial charge in [0.2, 0.25) is 5.95 Å². The fourth-order valence-corrected chi connectivity index (χ4v) is 2.26. The first-order valence-electron chi connectivity index (χ1n) is 6.65. The summed E-state index contributed by atoms with van der Waals surface area (Å²) in [5, 5.41) is 13.2. The average molecular weight is 250 g/mol. The van der Waals surface area contributed by atoms with Gasteiger partial charge in [-0.2, -0.15) is 4.98 Å². The van der Waals surface area contributed by atoms with Gasteiger partial charge in [0.25, 0.3) is 0 Å². The molecule has 18 heavy (non-hydrogen) atoms. The normalized spacial score (nSPS) is 24.7. The molecule has 0 saturated carbocycles. The summed E-state index contributed by atoms with van der Waals surface area (Å²) in [5.41, 5.74) is -0.535. The first kappa shape index (κ1) is 13.1. The van der Waals surface area contributed by atoms with E-state index in [4.69, 9.17) is 0 Å². The lowest BCUT2D eigenvalue weighted by Crippen LogP contribution is -2.29. The number of aromatic nitrogens is 2. The molecule has 2 rings (SSSR count). The summed E-state index contributed by atoms with van der Waals surface area (Å²) in [6, 6.07) is 1.93. The molecule has 0 amide bonds. The van der Waals surface area contributed by atoms with Gasteiger partial charge in [0.05, 0.1) is 5.60 Å². The molecule has 1 aromatic rings. The van der Waals surface area contributed by atoms with E-state index in [-0.39, 0.29) is 0 Å². The SMILES string of the molecule is CCNc1nccc(N2CCCC(C)(O)CC2)n1. The summed E-state index contributed by atoms with van der Waals surface area (Å²) in [7, 11) is 0. The van der Waals surface area contributed by atoms with Crippen LogP contribution in [0, 0.1) is 0 Å². The zero-order valence-corrected chi connectivity index (χ0v) is 11.2. The summed E-state index contributed by atoms with van der Waals surface area (Å²) < 4.78 is 0. The number of anilines is 2. The van der Waals surface area contributed by atoms with Crippen LogP contribution in [0.3, 0.4) is 0 Å². The van der Waals surface area contributed by atoms with E-state index >= 15 is 0 Å². The minimum atomic E-state index is -0.535. The highest BCUT2D eigenvalue weighted by atomic mass is 16.3. The van der Waals surface area contributed by atoms with Crippen molar-refractivity contribution < 1.29 is 5.11 Å². The summed E-state index contributed by atoms with van der Waals surface area (Å²) in [6.45, 7) is 6.55. The van der Waals surface area contributed by atoms with Gasteiger partial charge in [-0.15, -0.1) is 0 Å². The van der Waals surface area contributed by atoms with Gasteiger partial charge in [-0.3, -0.25) is 0 Å². The van der Waals surface area contributed by atoms with E-state index in [1.807, 2.05) is 19.9 Å². The maximum Gasteiger partial charge on any atom is 0.224 e. The Balaban J connectivity index is 2.08. The molecule has 100 valence electrons. The van der Waals surface area contributed by atoms with Crippen molar-refractivity contribution in [2.24, 2.45) is 0 Å². The highest BCUT2D eigenvalue weighted by Crippen LogP contribution is 2.24. The van der Waals surface area contributed by atoms with Gasteiger partial charge in [-0.05, 0) is 39.2 Å². The Kier molecular flexibility index (Phi) is 4.01. The third-order valence-electron chi connectivity index (χ3n) is 3.36. The monoisotopic (exact) mass is 250 g/mol. The lowest BCUT2D eigenvalue weighted by molar-refractivity contribution is 0.0481. The Morgan fingerprint density at radius 1 is 1.44 bits per heavy atom. The Morgan fingerprint density at radius 3 is 3.06 bits per heavy atom. The van der Waals surface area contributed by atoms with Gasteiger partial charge >= 0.3 is 0 Å². The second-order valence-electron chi connectivity index (χ2n) is 5.11. The third kappa shape index (κ3) is 3.32. The van der Waals surface area contributed by atoms with E-state index in [0.717, 1.165) is 44.7 Å². The molecule has 1 aliphatic heterocycles. The van der Waals surface area contributed by atoms with Crippen LogP contribution in [-0.2, 0) is 0 Å². The maximum atomic E-state index is 10.1. The topological polar surface area (TPSA) is 61.3 Å². The lowest BCUT2D eigenvalue weighted by atomic mass is 9.98. The standard InChI is InChI=1S/C13H22N4O/c1-3-14-12-15-8-5-11(16-12)17-9-4-6-13(2,18)7-10-17/h5,8,18H,3-4,6-7,9-10H2,1-2H3,(H,14,15,16). The summed E-state index contributed by atoms with van der Waals surface area (Å²) in [6.07, 6.45) is 4.42. The van der Waals surface area contributed by atoms with E-state index < -0.39 is 5.60 Å². The Labute approximate surface area is 108 Å². The average Bonchev–Trinajstić information content (AvgIpc) is 2.51. The van der Waals surface area contributed by atoms with Crippen LogP contribution in [0.25, 0.3) is 0 Å². The summed E-state index contributed by atoms with van der Waals surface area (Å²) in [4.78, 5) is 10.9. The quantitative estimate of drug-likeness (QED) is 0.854. The van der Waals surface area contributed by atoms with Crippen molar-refractivity contribution in [3.05, 3.63) is 12.3 Å². The number of hydrogen-bond donors (Lipinski definition) is 2. The van der Waals surface area contributed by atoms with Crippen molar-refractivity contribution in [1.29, 1.82) is 0 Å². The molecule has 1 unspecified atom stereocenters. The van der Waals surface area contributed by atoms with Gasteiger partial charge in [0.15, 0.2) is 0 Å². The van der Waals surface area contributed by atoms with Crippen LogP contribution in [0.15, 0.2) is 12.3 Å². The molecule has 5 nitrogen and oxygen atoms in total. The molecule has 2 heterocycles. The highest BCUT2D eigenvalue weighted by molar-refractivity contribution is 5.42. The van der Waals surface area contributed by atoms with E-state index in [2.05, 4.69) is 20.2 Å². The molecule has 1 atom stereocenters. The number of rotatable bonds is 3. The van der Waals surface area contributed by atoms with Crippen LogP contribution < -0.4 is 10.2 Å². The van der Waals surface area contributed by atoms with Crippen LogP contribution in [0.4, 0.5) is 11.8 Å². The summed E-state index contributed by atoms with van der Waals surface area (Å²) >= 11 is 0. The van der Waals surface area contributed by atoms with Gasteiger partial charge < -0.3 is 15.3 Å². The van der Waals surface area contributed by atoms with Crippen LogP contribution in [0.2, 0.25) is 0 Å². The largest absolute Gasteiger partial charge is 0.390 e. The second-order valence-corrected chi connectivity index (χ2v) is 5.11. The molecule has 0 aliphatic carbocycles. The van der Waals surface area contributed by atoms with Crippen LogP contribution >= 0.6 is 0 Å². The fraction of sp³-hybridized carbons (Fsp3) is 0.692. The Hall–Kier alpha value is -1.36. The van der Waals surface area contributed by atoms with Crippen molar-refractivity contribution in [3.63, 3.8) is 0 Å². The minimum absolute atomic E-state index is 0.535. The molecule has 1 aliphatic rings. The van der Waals surface area contributed by atoms with E-state index in [1.165, 1.54) is 0 Å². The maximum absolute atomic E-state index is 10.1. The number of nitrogens with one attached hydrogen (secondary N) is 1. The van der Waals surface area contributed by atoms with Crippen molar-refractivity contribution in [2.75, 3.05) is 29.9 Å². The van der Waals surface area contributed by atoms with Crippen molar-refractivity contribution >= 4 is 11.8 Å². The number of hydrogen-bond acceptors (Lipinski definition) is 5.